The van der Waals surface area contributed by atoms with Gasteiger partial charge in [-0.05, 0) is 87.3 Å². The highest BCUT2D eigenvalue weighted by Crippen LogP contribution is 2.30. The van der Waals surface area contributed by atoms with E-state index in [2.05, 4.69) is 15.1 Å². The fourth-order valence-electron chi connectivity index (χ4n) is 4.95. The average molecular weight is 509 g/mol. The topological polar surface area (TPSA) is 76.8 Å². The van der Waals surface area contributed by atoms with Gasteiger partial charge in [-0.1, -0.05) is 24.3 Å². The highest BCUT2D eigenvalue weighted by Gasteiger charge is 2.30. The van der Waals surface area contributed by atoms with Gasteiger partial charge in [0.1, 0.15) is 6.33 Å². The van der Waals surface area contributed by atoms with Crippen LogP contribution in [-0.4, -0.2) is 60.4 Å². The van der Waals surface area contributed by atoms with E-state index in [9.17, 15) is 12.8 Å². The molecule has 0 bridgehead atoms. The number of likely N-dealkylation sites (tertiary alicyclic amines) is 1. The van der Waals surface area contributed by atoms with Gasteiger partial charge in [0.25, 0.3) is 0 Å². The third-order valence-corrected chi connectivity index (χ3v) is 9.32. The molecule has 7 nitrogen and oxygen atoms in total. The molecule has 1 aliphatic rings. The summed E-state index contributed by atoms with van der Waals surface area (Å²) in [5.74, 6) is -0.106. The maximum atomic E-state index is 14.1. The van der Waals surface area contributed by atoms with Crippen LogP contribution in [0.2, 0.25) is 0 Å². The smallest absolute Gasteiger partial charge is 0.181 e. The van der Waals surface area contributed by atoms with Crippen molar-refractivity contribution in [1.29, 1.82) is 0 Å². The number of rotatable bonds is 7. The number of benzene rings is 2. The Bertz CT molecular complexity index is 1480. The van der Waals surface area contributed by atoms with Crippen LogP contribution < -0.4 is 4.74 Å². The number of para-hydroxylation sites is 1. The molecule has 36 heavy (non-hydrogen) atoms. The summed E-state index contributed by atoms with van der Waals surface area (Å²) in [5.41, 5.74) is 4.19. The van der Waals surface area contributed by atoms with Crippen LogP contribution in [0.5, 0.6) is 5.75 Å². The number of aryl methyl sites for hydroxylation is 2. The lowest BCUT2D eigenvalue weighted by atomic mass is 10.0. The number of ether oxygens (including phenoxy) is 1. The molecule has 0 N–H and O–H groups in total. The quantitative estimate of drug-likeness (QED) is 0.373. The van der Waals surface area contributed by atoms with E-state index < -0.39 is 9.84 Å². The van der Waals surface area contributed by atoms with Crippen LogP contribution in [0.4, 0.5) is 4.39 Å². The predicted octanol–water partition coefficient (Wildman–Crippen LogP) is 4.20. The van der Waals surface area contributed by atoms with E-state index in [0.717, 1.165) is 35.5 Å². The Balaban J connectivity index is 1.39. The molecule has 5 rings (SSSR count). The zero-order valence-corrected chi connectivity index (χ0v) is 21.2. The first-order valence-corrected chi connectivity index (χ1v) is 13.6. The van der Waals surface area contributed by atoms with Gasteiger partial charge in [0.05, 0.1) is 17.3 Å². The minimum absolute atomic E-state index is 0.268. The highest BCUT2D eigenvalue weighted by molar-refractivity contribution is 7.92. The zero-order chi connectivity index (χ0) is 25.3. The van der Waals surface area contributed by atoms with Crippen molar-refractivity contribution in [2.45, 2.75) is 35.8 Å². The SMILES string of the molecule is COc1c(F)cccc1CCc1ccc(-c2ccc(S(=O)(=O)C3CCN(C)CC3)cc2)c2nncn12. The molecule has 0 amide bonds. The molecule has 0 unspecified atom stereocenters. The van der Waals surface area contributed by atoms with Gasteiger partial charge in [0.2, 0.25) is 0 Å². The minimum Gasteiger partial charge on any atom is -0.493 e. The largest absolute Gasteiger partial charge is 0.493 e. The summed E-state index contributed by atoms with van der Waals surface area (Å²) in [6.45, 7) is 1.59. The van der Waals surface area contributed by atoms with Gasteiger partial charge in [-0.3, -0.25) is 4.40 Å². The molecular weight excluding hydrogens is 479 g/mol. The van der Waals surface area contributed by atoms with E-state index in [1.54, 1.807) is 24.5 Å². The van der Waals surface area contributed by atoms with E-state index in [4.69, 9.17) is 4.74 Å². The predicted molar refractivity (Wildman–Crippen MR) is 136 cm³/mol. The second kappa shape index (κ2) is 9.99. The van der Waals surface area contributed by atoms with Gasteiger partial charge in [0.15, 0.2) is 27.1 Å². The number of methoxy groups -OCH3 is 1. The Hall–Kier alpha value is -3.30. The second-order valence-electron chi connectivity index (χ2n) is 9.27. The van der Waals surface area contributed by atoms with Crippen molar-refractivity contribution >= 4 is 15.5 Å². The van der Waals surface area contributed by atoms with E-state index in [1.807, 2.05) is 41.8 Å². The van der Waals surface area contributed by atoms with Crippen LogP contribution >= 0.6 is 0 Å². The van der Waals surface area contributed by atoms with Crippen LogP contribution in [0.15, 0.2) is 65.8 Å². The number of sulfone groups is 1. The van der Waals surface area contributed by atoms with Crippen molar-refractivity contribution in [2.24, 2.45) is 0 Å². The maximum Gasteiger partial charge on any atom is 0.181 e. The fourth-order valence-corrected chi connectivity index (χ4v) is 6.68. The summed E-state index contributed by atoms with van der Waals surface area (Å²) in [6.07, 6.45) is 4.21. The van der Waals surface area contributed by atoms with Crippen molar-refractivity contribution in [3.05, 3.63) is 78.0 Å². The van der Waals surface area contributed by atoms with Crippen LogP contribution in [0.1, 0.15) is 24.1 Å². The standard InChI is InChI=1S/C27H29FN4O3S/c1-31-16-14-23(15-17-31)36(33,34)22-11-7-19(8-12-22)24-13-10-21(32-18-29-30-27(24)32)9-6-20-4-3-5-25(28)26(20)35-2/h3-5,7-8,10-13,18,23H,6,9,14-17H2,1-2H3. The molecule has 2 aromatic carbocycles. The number of fused-ring (bicyclic) bond motifs is 1. The van der Waals surface area contributed by atoms with E-state index in [0.29, 0.717) is 36.2 Å². The molecule has 2 aromatic heterocycles. The number of hydrogen-bond acceptors (Lipinski definition) is 6. The summed E-state index contributed by atoms with van der Waals surface area (Å²) in [6, 6.07) is 16.0. The molecule has 1 aliphatic heterocycles. The molecule has 0 saturated carbocycles. The summed E-state index contributed by atoms with van der Waals surface area (Å²) in [5, 5.41) is 8.08. The lowest BCUT2D eigenvalue weighted by Crippen LogP contribution is -2.37. The van der Waals surface area contributed by atoms with Gasteiger partial charge in [0, 0.05) is 11.3 Å². The Labute approximate surface area is 210 Å². The molecule has 0 aliphatic carbocycles. The van der Waals surface area contributed by atoms with Gasteiger partial charge in [-0.2, -0.15) is 0 Å². The highest BCUT2D eigenvalue weighted by atomic mass is 32.2. The first-order chi connectivity index (χ1) is 17.4. The van der Waals surface area contributed by atoms with E-state index in [-0.39, 0.29) is 16.8 Å². The van der Waals surface area contributed by atoms with Gasteiger partial charge in [-0.25, -0.2) is 12.8 Å². The molecule has 0 atom stereocenters. The summed E-state index contributed by atoms with van der Waals surface area (Å²) in [4.78, 5) is 2.52. The molecule has 3 heterocycles. The molecule has 4 aromatic rings. The molecular formula is C27H29FN4O3S. The van der Waals surface area contributed by atoms with E-state index >= 15 is 0 Å². The number of nitrogens with zero attached hydrogens (tertiary/aromatic N) is 4. The summed E-state index contributed by atoms with van der Waals surface area (Å²) < 4.78 is 47.5. The number of hydrogen-bond donors (Lipinski definition) is 0. The monoisotopic (exact) mass is 508 g/mol. The Morgan fingerprint density at radius 2 is 1.78 bits per heavy atom. The normalized spacial score (nSPS) is 15.4. The molecule has 0 spiro atoms. The van der Waals surface area contributed by atoms with Crippen molar-refractivity contribution in [3.8, 4) is 16.9 Å². The van der Waals surface area contributed by atoms with Gasteiger partial charge < -0.3 is 9.64 Å². The lowest BCUT2D eigenvalue weighted by Gasteiger charge is -2.28. The Kier molecular flexibility index (Phi) is 6.77. The number of halogens is 1. The van der Waals surface area contributed by atoms with Gasteiger partial charge >= 0.3 is 0 Å². The van der Waals surface area contributed by atoms with Crippen molar-refractivity contribution in [1.82, 2.24) is 19.5 Å². The third kappa shape index (κ3) is 4.60. The number of aromatic nitrogens is 3. The molecule has 9 heteroatoms. The van der Waals surface area contributed by atoms with Crippen LogP contribution in [0, 0.1) is 5.82 Å². The number of piperidine rings is 1. The fraction of sp³-hybridized carbons (Fsp3) is 0.333. The van der Waals surface area contributed by atoms with E-state index in [1.165, 1.54) is 13.2 Å². The van der Waals surface area contributed by atoms with Crippen LogP contribution in [0.25, 0.3) is 16.8 Å². The minimum atomic E-state index is -3.36. The van der Waals surface area contributed by atoms with Crippen LogP contribution in [0.3, 0.4) is 0 Å². The molecule has 0 radical (unpaired) electrons. The first kappa shape index (κ1) is 24.4. The molecule has 1 fully saturated rings. The summed E-state index contributed by atoms with van der Waals surface area (Å²) in [7, 11) is 0.129. The van der Waals surface area contributed by atoms with Gasteiger partial charge in [-0.15, -0.1) is 10.2 Å². The maximum absolute atomic E-state index is 14.1. The van der Waals surface area contributed by atoms with Crippen LogP contribution in [-0.2, 0) is 22.7 Å². The second-order valence-corrected chi connectivity index (χ2v) is 11.5. The summed E-state index contributed by atoms with van der Waals surface area (Å²) >= 11 is 0. The zero-order valence-electron chi connectivity index (χ0n) is 20.4. The van der Waals surface area contributed by atoms with Crippen molar-refractivity contribution in [3.63, 3.8) is 0 Å². The molecule has 188 valence electrons. The Morgan fingerprint density at radius 3 is 2.50 bits per heavy atom. The lowest BCUT2D eigenvalue weighted by molar-refractivity contribution is 0.277. The van der Waals surface area contributed by atoms with Crippen molar-refractivity contribution < 1.29 is 17.5 Å². The third-order valence-electron chi connectivity index (χ3n) is 7.04. The number of pyridine rings is 1. The Morgan fingerprint density at radius 1 is 1.03 bits per heavy atom. The first-order valence-electron chi connectivity index (χ1n) is 12.0. The van der Waals surface area contributed by atoms with Crippen molar-refractivity contribution in [2.75, 3.05) is 27.2 Å². The average Bonchev–Trinajstić information content (AvgIpc) is 3.38. The molecule has 1 saturated heterocycles.